The highest BCUT2D eigenvalue weighted by molar-refractivity contribution is 7.22. The van der Waals surface area contributed by atoms with Gasteiger partial charge in [0.25, 0.3) is 0 Å². The maximum Gasteiger partial charge on any atom is 0.321 e. The Labute approximate surface area is 189 Å². The molecular weight excluding hydrogens is 428 g/mol. The molecule has 3 heterocycles. The minimum absolute atomic E-state index is 0.229. The van der Waals surface area contributed by atoms with Gasteiger partial charge < -0.3 is 14.6 Å². The first kappa shape index (κ1) is 21.7. The van der Waals surface area contributed by atoms with E-state index in [2.05, 4.69) is 37.7 Å². The molecule has 0 bridgehead atoms. The fraction of sp³-hybridized carbons (Fsp3) is 0.318. The van der Waals surface area contributed by atoms with Crippen LogP contribution in [0.2, 0.25) is 0 Å². The Morgan fingerprint density at radius 1 is 1.22 bits per heavy atom. The Kier molecular flexibility index (Phi) is 6.60. The Morgan fingerprint density at radius 3 is 2.91 bits per heavy atom. The van der Waals surface area contributed by atoms with Gasteiger partial charge in [0, 0.05) is 30.6 Å². The van der Waals surface area contributed by atoms with E-state index in [0.29, 0.717) is 35.6 Å². The fourth-order valence-corrected chi connectivity index (χ4v) is 3.92. The SMILES string of the molecule is CCC(C)c1nc(CCNC(=O)Nc2nc3ccc(-c4cncc(OC)c4)cc3s2)no1. The number of ether oxygens (including phenoxy) is 1. The van der Waals surface area contributed by atoms with E-state index >= 15 is 0 Å². The number of methoxy groups -OCH3 is 1. The normalized spacial score (nSPS) is 12.0. The van der Waals surface area contributed by atoms with Crippen molar-refractivity contribution in [2.45, 2.75) is 32.6 Å². The van der Waals surface area contributed by atoms with Crippen LogP contribution in [0.25, 0.3) is 21.3 Å². The molecular formula is C22H24N6O3S. The molecule has 0 fully saturated rings. The zero-order valence-corrected chi connectivity index (χ0v) is 18.9. The smallest absolute Gasteiger partial charge is 0.321 e. The van der Waals surface area contributed by atoms with E-state index in [1.165, 1.54) is 11.3 Å². The number of amides is 2. The third-order valence-electron chi connectivity index (χ3n) is 5.04. The van der Waals surface area contributed by atoms with Crippen LogP contribution in [0.4, 0.5) is 9.93 Å². The summed E-state index contributed by atoms with van der Waals surface area (Å²) in [6, 6.07) is 7.53. The summed E-state index contributed by atoms with van der Waals surface area (Å²) in [5.41, 5.74) is 2.76. The predicted octanol–water partition coefficient (Wildman–Crippen LogP) is 4.63. The number of nitrogens with zero attached hydrogens (tertiary/aromatic N) is 4. The highest BCUT2D eigenvalue weighted by Gasteiger charge is 2.13. The number of anilines is 1. The Balaban J connectivity index is 1.35. The van der Waals surface area contributed by atoms with Gasteiger partial charge in [-0.15, -0.1) is 0 Å². The van der Waals surface area contributed by atoms with Gasteiger partial charge in [-0.1, -0.05) is 36.4 Å². The number of carbonyl (C=O) groups excluding carboxylic acids is 1. The molecule has 0 saturated heterocycles. The van der Waals surface area contributed by atoms with E-state index in [-0.39, 0.29) is 11.9 Å². The van der Waals surface area contributed by atoms with Crippen molar-refractivity contribution in [3.05, 3.63) is 48.4 Å². The molecule has 0 saturated carbocycles. The average molecular weight is 453 g/mol. The van der Waals surface area contributed by atoms with E-state index in [1.807, 2.05) is 31.2 Å². The molecule has 4 rings (SSSR count). The number of fused-ring (bicyclic) bond motifs is 1. The maximum atomic E-state index is 12.3. The number of carbonyl (C=O) groups is 1. The fourth-order valence-electron chi connectivity index (χ4n) is 3.02. The van der Waals surface area contributed by atoms with E-state index in [0.717, 1.165) is 27.8 Å². The first-order chi connectivity index (χ1) is 15.6. The van der Waals surface area contributed by atoms with Crippen LogP contribution in [0, 0.1) is 0 Å². The summed E-state index contributed by atoms with van der Waals surface area (Å²) < 4.78 is 11.5. The second kappa shape index (κ2) is 9.73. The van der Waals surface area contributed by atoms with Crippen LogP contribution in [0.15, 0.2) is 41.2 Å². The third-order valence-corrected chi connectivity index (χ3v) is 5.98. The van der Waals surface area contributed by atoms with Gasteiger partial charge in [0.1, 0.15) is 5.75 Å². The summed E-state index contributed by atoms with van der Waals surface area (Å²) in [6.45, 7) is 4.50. The number of urea groups is 1. The molecule has 2 N–H and O–H groups in total. The molecule has 32 heavy (non-hydrogen) atoms. The number of rotatable bonds is 8. The Bertz CT molecular complexity index is 1220. The van der Waals surface area contributed by atoms with Gasteiger partial charge in [-0.25, -0.2) is 9.78 Å². The monoisotopic (exact) mass is 452 g/mol. The molecule has 9 nitrogen and oxygen atoms in total. The highest BCUT2D eigenvalue weighted by Crippen LogP contribution is 2.31. The van der Waals surface area contributed by atoms with Crippen LogP contribution in [0.5, 0.6) is 5.75 Å². The van der Waals surface area contributed by atoms with Crippen LogP contribution in [0.3, 0.4) is 0 Å². The zero-order valence-electron chi connectivity index (χ0n) is 18.1. The number of thiazole rings is 1. The first-order valence-corrected chi connectivity index (χ1v) is 11.1. The minimum Gasteiger partial charge on any atom is -0.495 e. The molecule has 1 aromatic carbocycles. The van der Waals surface area contributed by atoms with Crippen molar-refractivity contribution in [2.24, 2.45) is 0 Å². The predicted molar refractivity (Wildman–Crippen MR) is 123 cm³/mol. The van der Waals surface area contributed by atoms with Crippen molar-refractivity contribution in [1.82, 2.24) is 25.4 Å². The van der Waals surface area contributed by atoms with Crippen molar-refractivity contribution in [1.29, 1.82) is 0 Å². The molecule has 2 amide bonds. The maximum absolute atomic E-state index is 12.3. The molecule has 10 heteroatoms. The lowest BCUT2D eigenvalue weighted by molar-refractivity contribution is 0.252. The quantitative estimate of drug-likeness (QED) is 0.400. The van der Waals surface area contributed by atoms with Crippen LogP contribution in [-0.4, -0.2) is 39.8 Å². The Morgan fingerprint density at radius 2 is 2.09 bits per heavy atom. The average Bonchev–Trinajstić information content (AvgIpc) is 3.44. The largest absolute Gasteiger partial charge is 0.495 e. The van der Waals surface area contributed by atoms with Crippen LogP contribution in [-0.2, 0) is 6.42 Å². The second-order valence-corrected chi connectivity index (χ2v) is 8.33. The second-order valence-electron chi connectivity index (χ2n) is 7.30. The summed E-state index contributed by atoms with van der Waals surface area (Å²) >= 11 is 1.41. The molecule has 4 aromatic rings. The third kappa shape index (κ3) is 5.02. The number of pyridine rings is 1. The van der Waals surface area contributed by atoms with Crippen LogP contribution < -0.4 is 15.4 Å². The van der Waals surface area contributed by atoms with E-state index < -0.39 is 0 Å². The summed E-state index contributed by atoms with van der Waals surface area (Å²) in [4.78, 5) is 25.3. The van der Waals surface area contributed by atoms with Gasteiger partial charge in [-0.3, -0.25) is 10.3 Å². The number of hydrogen-bond donors (Lipinski definition) is 2. The lowest BCUT2D eigenvalue weighted by atomic mass is 10.1. The summed E-state index contributed by atoms with van der Waals surface area (Å²) in [6.07, 6.45) is 4.87. The van der Waals surface area contributed by atoms with Gasteiger partial charge in [0.05, 0.1) is 23.5 Å². The molecule has 1 atom stereocenters. The van der Waals surface area contributed by atoms with Crippen molar-refractivity contribution >= 4 is 32.7 Å². The molecule has 0 radical (unpaired) electrons. The lowest BCUT2D eigenvalue weighted by Gasteiger charge is -2.03. The summed E-state index contributed by atoms with van der Waals surface area (Å²) in [5.74, 6) is 2.14. The topological polar surface area (TPSA) is 115 Å². The first-order valence-electron chi connectivity index (χ1n) is 10.3. The van der Waals surface area contributed by atoms with E-state index in [4.69, 9.17) is 9.26 Å². The lowest BCUT2D eigenvalue weighted by Crippen LogP contribution is -2.30. The molecule has 0 aliphatic heterocycles. The molecule has 0 spiro atoms. The van der Waals surface area contributed by atoms with Crippen molar-refractivity contribution in [3.63, 3.8) is 0 Å². The molecule has 166 valence electrons. The Hall–Kier alpha value is -3.53. The molecule has 0 aliphatic rings. The standard InChI is InChI=1S/C22H24N6O3S/c1-4-13(2)20-26-19(28-31-20)7-8-24-21(29)27-22-25-17-6-5-14(10-18(17)32-22)15-9-16(30-3)12-23-11-15/h5-6,9-13H,4,7-8H2,1-3H3,(H2,24,25,27,29). The van der Waals surface area contributed by atoms with Crippen molar-refractivity contribution in [2.75, 3.05) is 19.0 Å². The minimum atomic E-state index is -0.327. The van der Waals surface area contributed by atoms with E-state index in [9.17, 15) is 4.79 Å². The zero-order chi connectivity index (χ0) is 22.5. The molecule has 1 unspecified atom stereocenters. The van der Waals surface area contributed by atoms with Crippen LogP contribution >= 0.6 is 11.3 Å². The van der Waals surface area contributed by atoms with Gasteiger partial charge in [0.2, 0.25) is 5.89 Å². The van der Waals surface area contributed by atoms with Gasteiger partial charge >= 0.3 is 6.03 Å². The number of nitrogens with one attached hydrogen (secondary N) is 2. The van der Waals surface area contributed by atoms with E-state index in [1.54, 1.807) is 19.5 Å². The summed E-state index contributed by atoms with van der Waals surface area (Å²) in [7, 11) is 1.61. The van der Waals surface area contributed by atoms with Crippen molar-refractivity contribution < 1.29 is 14.1 Å². The number of aromatic nitrogens is 4. The highest BCUT2D eigenvalue weighted by atomic mass is 32.1. The van der Waals surface area contributed by atoms with Gasteiger partial charge in [-0.05, 0) is 30.2 Å². The van der Waals surface area contributed by atoms with Crippen molar-refractivity contribution in [3.8, 4) is 16.9 Å². The van der Waals surface area contributed by atoms with Gasteiger partial charge in [0.15, 0.2) is 11.0 Å². The number of hydrogen-bond acceptors (Lipinski definition) is 8. The van der Waals surface area contributed by atoms with Crippen LogP contribution in [0.1, 0.15) is 37.9 Å². The molecule has 3 aromatic heterocycles. The van der Waals surface area contributed by atoms with Gasteiger partial charge in [-0.2, -0.15) is 4.98 Å². The molecule has 0 aliphatic carbocycles. The number of benzene rings is 1. The summed E-state index contributed by atoms with van der Waals surface area (Å²) in [5, 5.41) is 10.1.